The highest BCUT2D eigenvalue weighted by Gasteiger charge is 2.16. The van der Waals surface area contributed by atoms with Crippen LogP contribution in [0.5, 0.6) is 0 Å². The first kappa shape index (κ1) is 17.2. The van der Waals surface area contributed by atoms with E-state index in [0.29, 0.717) is 25.9 Å². The molecule has 0 bridgehead atoms. The second-order valence-electron chi connectivity index (χ2n) is 5.12. The Bertz CT molecular complexity index is 480. The van der Waals surface area contributed by atoms with Gasteiger partial charge in [-0.2, -0.15) is 0 Å². The molecule has 0 aliphatic rings. The molecule has 1 aromatic rings. The molecule has 0 saturated carbocycles. The van der Waals surface area contributed by atoms with Crippen molar-refractivity contribution < 1.29 is 9.59 Å². The number of nitrogens with one attached hydrogen (secondary N) is 1. The van der Waals surface area contributed by atoms with Crippen molar-refractivity contribution in [1.29, 1.82) is 0 Å². The maximum atomic E-state index is 12.1. The average Bonchev–Trinajstić information content (AvgIpc) is 2.46. The van der Waals surface area contributed by atoms with Gasteiger partial charge in [0.15, 0.2) is 0 Å². The molecule has 1 rings (SSSR count). The summed E-state index contributed by atoms with van der Waals surface area (Å²) in [5.74, 6) is -0.199. The van der Waals surface area contributed by atoms with Crippen molar-refractivity contribution in [2.45, 2.75) is 33.6 Å². The van der Waals surface area contributed by atoms with E-state index in [9.17, 15) is 9.59 Å². The summed E-state index contributed by atoms with van der Waals surface area (Å²) in [7, 11) is 0. The number of carbonyl (C=O) groups excluding carboxylic acids is 2. The summed E-state index contributed by atoms with van der Waals surface area (Å²) in [6, 6.07) is 5.86. The number of benzene rings is 1. The van der Waals surface area contributed by atoms with Crippen LogP contribution in [-0.2, 0) is 9.59 Å². The lowest BCUT2D eigenvalue weighted by atomic mass is 10.1. The quantitative estimate of drug-likeness (QED) is 0.804. The molecule has 0 unspecified atom stereocenters. The molecule has 3 N–H and O–H groups in total. The molecule has 0 aliphatic carbocycles. The number of hydrogen-bond donors (Lipinski definition) is 2. The Morgan fingerprint density at radius 1 is 1.24 bits per heavy atom. The number of para-hydroxylation sites is 1. The average molecular weight is 291 g/mol. The van der Waals surface area contributed by atoms with Gasteiger partial charge in [0, 0.05) is 18.7 Å². The lowest BCUT2D eigenvalue weighted by Crippen LogP contribution is -2.38. The normalized spacial score (nSPS) is 10.3. The molecule has 5 nitrogen and oxygen atoms in total. The summed E-state index contributed by atoms with van der Waals surface area (Å²) in [5.41, 5.74) is 8.26. The van der Waals surface area contributed by atoms with Crippen molar-refractivity contribution in [3.8, 4) is 0 Å². The Morgan fingerprint density at radius 2 is 1.86 bits per heavy atom. The van der Waals surface area contributed by atoms with E-state index < -0.39 is 0 Å². The highest BCUT2D eigenvalue weighted by atomic mass is 16.2. The summed E-state index contributed by atoms with van der Waals surface area (Å²) >= 11 is 0. The minimum atomic E-state index is -0.171. The maximum Gasteiger partial charge on any atom is 0.244 e. The van der Waals surface area contributed by atoms with Gasteiger partial charge in [0.2, 0.25) is 11.8 Å². The predicted octanol–water partition coefficient (Wildman–Crippen LogP) is 1.83. The van der Waals surface area contributed by atoms with E-state index in [1.165, 1.54) is 0 Å². The van der Waals surface area contributed by atoms with Crippen LogP contribution in [0.4, 0.5) is 5.69 Å². The van der Waals surface area contributed by atoms with Gasteiger partial charge in [-0.05, 0) is 44.9 Å². The van der Waals surface area contributed by atoms with E-state index in [4.69, 9.17) is 5.73 Å². The van der Waals surface area contributed by atoms with Crippen molar-refractivity contribution in [2.75, 3.05) is 25.0 Å². The van der Waals surface area contributed by atoms with Gasteiger partial charge in [0.05, 0.1) is 6.54 Å². The van der Waals surface area contributed by atoms with E-state index in [0.717, 1.165) is 16.8 Å². The fraction of sp³-hybridized carbons (Fsp3) is 0.500. The molecule has 5 heteroatoms. The lowest BCUT2D eigenvalue weighted by molar-refractivity contribution is -0.134. The third kappa shape index (κ3) is 5.19. The molecule has 2 amide bonds. The van der Waals surface area contributed by atoms with Crippen LogP contribution in [0.2, 0.25) is 0 Å². The van der Waals surface area contributed by atoms with Crippen LogP contribution in [0.3, 0.4) is 0 Å². The first-order valence-corrected chi connectivity index (χ1v) is 7.33. The van der Waals surface area contributed by atoms with Crippen LogP contribution < -0.4 is 11.1 Å². The summed E-state index contributed by atoms with van der Waals surface area (Å²) in [4.78, 5) is 25.6. The first-order valence-electron chi connectivity index (χ1n) is 7.33. The van der Waals surface area contributed by atoms with Gasteiger partial charge in [-0.3, -0.25) is 9.59 Å². The summed E-state index contributed by atoms with van der Waals surface area (Å²) in [6.45, 7) is 6.85. The molecule has 0 heterocycles. The van der Waals surface area contributed by atoms with Gasteiger partial charge >= 0.3 is 0 Å². The topological polar surface area (TPSA) is 75.4 Å². The third-order valence-electron chi connectivity index (χ3n) is 3.41. The summed E-state index contributed by atoms with van der Waals surface area (Å²) < 4.78 is 0. The fourth-order valence-corrected chi connectivity index (χ4v) is 2.15. The Labute approximate surface area is 126 Å². The number of rotatable bonds is 7. The molecule has 0 saturated heterocycles. The predicted molar refractivity (Wildman–Crippen MR) is 85.1 cm³/mol. The molecular weight excluding hydrogens is 266 g/mol. The van der Waals surface area contributed by atoms with Gasteiger partial charge in [0.25, 0.3) is 0 Å². The molecule has 0 aromatic heterocycles. The monoisotopic (exact) mass is 291 g/mol. The third-order valence-corrected chi connectivity index (χ3v) is 3.41. The van der Waals surface area contributed by atoms with E-state index in [1.807, 2.05) is 39.0 Å². The van der Waals surface area contributed by atoms with Gasteiger partial charge in [-0.15, -0.1) is 0 Å². The zero-order valence-corrected chi connectivity index (χ0v) is 13.1. The smallest absolute Gasteiger partial charge is 0.244 e. The van der Waals surface area contributed by atoms with E-state index in [-0.39, 0.29) is 18.4 Å². The number of nitrogens with two attached hydrogens (primary N) is 1. The number of likely N-dealkylation sites (N-methyl/N-ethyl adjacent to an activating group) is 1. The zero-order chi connectivity index (χ0) is 15.8. The number of nitrogens with zero attached hydrogens (tertiary/aromatic N) is 1. The summed E-state index contributed by atoms with van der Waals surface area (Å²) in [5, 5.41) is 2.90. The number of aryl methyl sites for hydroxylation is 2. The fourth-order valence-electron chi connectivity index (χ4n) is 2.15. The molecule has 0 fully saturated rings. The zero-order valence-electron chi connectivity index (χ0n) is 13.1. The minimum absolute atomic E-state index is 0.0281. The molecule has 0 radical (unpaired) electrons. The van der Waals surface area contributed by atoms with Gasteiger partial charge in [-0.25, -0.2) is 0 Å². The minimum Gasteiger partial charge on any atom is -0.334 e. The molecule has 0 spiro atoms. The van der Waals surface area contributed by atoms with Crippen molar-refractivity contribution in [3.63, 3.8) is 0 Å². The molecule has 0 aliphatic heterocycles. The largest absolute Gasteiger partial charge is 0.334 e. The van der Waals surface area contributed by atoms with Crippen LogP contribution >= 0.6 is 0 Å². The molecule has 0 atom stereocenters. The molecule has 1 aromatic carbocycles. The van der Waals surface area contributed by atoms with E-state index in [1.54, 1.807) is 4.90 Å². The van der Waals surface area contributed by atoms with Gasteiger partial charge < -0.3 is 16.0 Å². The van der Waals surface area contributed by atoms with E-state index in [2.05, 4.69) is 5.32 Å². The number of amides is 2. The molecule has 21 heavy (non-hydrogen) atoms. The van der Waals surface area contributed by atoms with Crippen LogP contribution in [-0.4, -0.2) is 36.3 Å². The number of carbonyl (C=O) groups is 2. The standard InChI is InChI=1S/C16H25N3O2/c1-4-19(15(21)9-6-10-17)11-14(20)18-16-12(2)7-5-8-13(16)3/h5,7-8H,4,6,9-11,17H2,1-3H3,(H,18,20). The Morgan fingerprint density at radius 3 is 2.38 bits per heavy atom. The number of anilines is 1. The lowest BCUT2D eigenvalue weighted by Gasteiger charge is -2.21. The van der Waals surface area contributed by atoms with Crippen molar-refractivity contribution in [3.05, 3.63) is 29.3 Å². The highest BCUT2D eigenvalue weighted by Crippen LogP contribution is 2.19. The second-order valence-corrected chi connectivity index (χ2v) is 5.12. The van der Waals surface area contributed by atoms with Crippen LogP contribution in [0, 0.1) is 13.8 Å². The Balaban J connectivity index is 2.65. The number of hydrogen-bond acceptors (Lipinski definition) is 3. The summed E-state index contributed by atoms with van der Waals surface area (Å²) in [6.07, 6.45) is 1.04. The molecule has 116 valence electrons. The van der Waals surface area contributed by atoms with E-state index >= 15 is 0 Å². The van der Waals surface area contributed by atoms with Gasteiger partial charge in [-0.1, -0.05) is 18.2 Å². The Hall–Kier alpha value is -1.88. The van der Waals surface area contributed by atoms with Crippen LogP contribution in [0.25, 0.3) is 0 Å². The van der Waals surface area contributed by atoms with Crippen LogP contribution in [0.15, 0.2) is 18.2 Å². The van der Waals surface area contributed by atoms with Crippen molar-refractivity contribution in [2.24, 2.45) is 5.73 Å². The highest BCUT2D eigenvalue weighted by molar-refractivity contribution is 5.95. The Kier molecular flexibility index (Phi) is 6.88. The second kappa shape index (κ2) is 8.42. The van der Waals surface area contributed by atoms with Crippen molar-refractivity contribution in [1.82, 2.24) is 4.90 Å². The molecular formula is C16H25N3O2. The van der Waals surface area contributed by atoms with Crippen LogP contribution in [0.1, 0.15) is 30.9 Å². The van der Waals surface area contributed by atoms with Gasteiger partial charge in [0.1, 0.15) is 0 Å². The first-order chi connectivity index (χ1) is 9.99. The SMILES string of the molecule is CCN(CC(=O)Nc1c(C)cccc1C)C(=O)CCCN. The van der Waals surface area contributed by atoms with Crippen molar-refractivity contribution >= 4 is 17.5 Å². The maximum absolute atomic E-state index is 12.1.